The van der Waals surface area contributed by atoms with Crippen LogP contribution in [0, 0.1) is 6.92 Å². The van der Waals surface area contributed by atoms with Gasteiger partial charge in [0.05, 0.1) is 5.75 Å². The van der Waals surface area contributed by atoms with E-state index in [-0.39, 0.29) is 11.7 Å². The fourth-order valence-corrected chi connectivity index (χ4v) is 1.93. The Kier molecular flexibility index (Phi) is 6.24. The molecule has 0 saturated carbocycles. The van der Waals surface area contributed by atoms with Crippen LogP contribution in [0.2, 0.25) is 0 Å². The molecule has 0 radical (unpaired) electrons. The summed E-state index contributed by atoms with van der Waals surface area (Å²) in [6, 6.07) is 8.07. The van der Waals surface area contributed by atoms with Gasteiger partial charge in [-0.25, -0.2) is 10.3 Å². The quantitative estimate of drug-likeness (QED) is 0.731. The summed E-state index contributed by atoms with van der Waals surface area (Å²) in [5, 5.41) is 8.29. The van der Waals surface area contributed by atoms with Crippen LogP contribution in [-0.4, -0.2) is 29.3 Å². The largest absolute Gasteiger partial charge is 0.479 e. The van der Waals surface area contributed by atoms with E-state index in [1.807, 2.05) is 31.2 Å². The van der Waals surface area contributed by atoms with Crippen molar-refractivity contribution >= 4 is 23.6 Å². The highest BCUT2D eigenvalue weighted by Crippen LogP contribution is 2.12. The summed E-state index contributed by atoms with van der Waals surface area (Å²) < 4.78 is 0. The number of rotatable bonds is 7. The molecule has 18 heavy (non-hydrogen) atoms. The Morgan fingerprint density at radius 2 is 2.00 bits per heavy atom. The van der Waals surface area contributed by atoms with Crippen LogP contribution in [0.5, 0.6) is 0 Å². The Bertz CT molecular complexity index is 405. The summed E-state index contributed by atoms with van der Waals surface area (Å²) in [6.45, 7) is 1.48. The van der Waals surface area contributed by atoms with Gasteiger partial charge in [-0.15, -0.1) is 11.8 Å². The van der Waals surface area contributed by atoms with Gasteiger partial charge in [0.25, 0.3) is 5.91 Å². The molecule has 0 heterocycles. The number of amides is 1. The Morgan fingerprint density at radius 3 is 2.61 bits per heavy atom. The van der Waals surface area contributed by atoms with E-state index in [1.54, 1.807) is 0 Å². The van der Waals surface area contributed by atoms with Crippen LogP contribution >= 0.6 is 11.8 Å². The Balaban J connectivity index is 2.15. The van der Waals surface area contributed by atoms with Crippen molar-refractivity contribution in [1.82, 2.24) is 5.48 Å². The van der Waals surface area contributed by atoms with Gasteiger partial charge < -0.3 is 5.11 Å². The second kappa shape index (κ2) is 7.73. The first-order valence-electron chi connectivity index (χ1n) is 5.33. The predicted octanol–water partition coefficient (Wildman–Crippen LogP) is 1.36. The van der Waals surface area contributed by atoms with Crippen molar-refractivity contribution in [3.8, 4) is 0 Å². The van der Waals surface area contributed by atoms with Gasteiger partial charge in [0.1, 0.15) is 0 Å². The third-order valence-corrected chi connectivity index (χ3v) is 3.01. The maximum atomic E-state index is 11.2. The van der Waals surface area contributed by atoms with Gasteiger partial charge in [0.2, 0.25) is 0 Å². The Labute approximate surface area is 109 Å². The minimum Gasteiger partial charge on any atom is -0.479 e. The van der Waals surface area contributed by atoms with Crippen LogP contribution in [0.4, 0.5) is 0 Å². The van der Waals surface area contributed by atoms with Crippen molar-refractivity contribution < 1.29 is 19.5 Å². The minimum atomic E-state index is -1.12. The molecule has 98 valence electrons. The topological polar surface area (TPSA) is 75.6 Å². The smallest absolute Gasteiger partial charge is 0.332 e. The molecule has 1 rings (SSSR count). The number of carbonyl (C=O) groups is 2. The summed E-state index contributed by atoms with van der Waals surface area (Å²) in [7, 11) is 0. The van der Waals surface area contributed by atoms with Gasteiger partial charge in [-0.2, -0.15) is 0 Å². The SMILES string of the molecule is Cc1ccc(CSCC(=O)NOCC(=O)O)cc1. The van der Waals surface area contributed by atoms with Crippen LogP contribution < -0.4 is 5.48 Å². The highest BCUT2D eigenvalue weighted by molar-refractivity contribution is 7.99. The number of aliphatic carboxylic acids is 1. The van der Waals surface area contributed by atoms with Crippen LogP contribution in [0.15, 0.2) is 24.3 Å². The fraction of sp³-hybridized carbons (Fsp3) is 0.333. The molecule has 0 saturated heterocycles. The summed E-state index contributed by atoms with van der Waals surface area (Å²) in [4.78, 5) is 25.8. The first kappa shape index (κ1) is 14.5. The standard InChI is InChI=1S/C12H15NO4S/c1-9-2-4-10(5-3-9)7-18-8-11(14)13-17-6-12(15)16/h2-5H,6-8H2,1H3,(H,13,14)(H,15,16). The normalized spacial score (nSPS) is 10.1. The van der Waals surface area contributed by atoms with Crippen LogP contribution in [0.3, 0.4) is 0 Å². The lowest BCUT2D eigenvalue weighted by atomic mass is 10.2. The van der Waals surface area contributed by atoms with E-state index in [9.17, 15) is 9.59 Å². The molecule has 1 amide bonds. The zero-order chi connectivity index (χ0) is 13.4. The van der Waals surface area contributed by atoms with Crippen molar-refractivity contribution in [2.75, 3.05) is 12.4 Å². The van der Waals surface area contributed by atoms with Crippen molar-refractivity contribution in [3.05, 3.63) is 35.4 Å². The maximum Gasteiger partial charge on any atom is 0.332 e. The maximum absolute atomic E-state index is 11.2. The number of carbonyl (C=O) groups excluding carboxylic acids is 1. The van der Waals surface area contributed by atoms with Crippen molar-refractivity contribution in [2.45, 2.75) is 12.7 Å². The van der Waals surface area contributed by atoms with E-state index >= 15 is 0 Å². The second-order valence-corrected chi connectivity index (χ2v) is 4.67. The molecule has 2 N–H and O–H groups in total. The first-order valence-corrected chi connectivity index (χ1v) is 6.49. The molecule has 0 atom stereocenters. The summed E-state index contributed by atoms with van der Waals surface area (Å²) in [5.41, 5.74) is 4.41. The molecule has 1 aromatic carbocycles. The predicted molar refractivity (Wildman–Crippen MR) is 69.1 cm³/mol. The van der Waals surface area contributed by atoms with Crippen molar-refractivity contribution in [2.24, 2.45) is 0 Å². The number of hydrogen-bond donors (Lipinski definition) is 2. The number of carboxylic acid groups (broad SMARTS) is 1. The van der Waals surface area contributed by atoms with Gasteiger partial charge in [-0.3, -0.25) is 9.63 Å². The highest BCUT2D eigenvalue weighted by Gasteiger charge is 2.03. The molecule has 5 nitrogen and oxygen atoms in total. The molecule has 0 bridgehead atoms. The minimum absolute atomic E-state index is 0.230. The van der Waals surface area contributed by atoms with E-state index in [1.165, 1.54) is 17.3 Å². The van der Waals surface area contributed by atoms with E-state index in [0.29, 0.717) is 0 Å². The number of benzene rings is 1. The van der Waals surface area contributed by atoms with E-state index in [2.05, 4.69) is 10.3 Å². The molecule has 6 heteroatoms. The third-order valence-electron chi connectivity index (χ3n) is 2.00. The second-order valence-electron chi connectivity index (χ2n) is 3.69. The Hall–Kier alpha value is -1.53. The molecular formula is C12H15NO4S. The molecule has 0 aromatic heterocycles. The zero-order valence-electron chi connectivity index (χ0n) is 10.0. The number of hydrogen-bond acceptors (Lipinski definition) is 4. The number of hydroxylamine groups is 1. The van der Waals surface area contributed by atoms with Crippen LogP contribution in [0.25, 0.3) is 0 Å². The highest BCUT2D eigenvalue weighted by atomic mass is 32.2. The number of aryl methyl sites for hydroxylation is 1. The summed E-state index contributed by atoms with van der Waals surface area (Å²) in [5.74, 6) is -0.504. The lowest BCUT2D eigenvalue weighted by molar-refractivity contribution is -0.148. The lowest BCUT2D eigenvalue weighted by Crippen LogP contribution is -2.28. The third kappa shape index (κ3) is 6.27. The zero-order valence-corrected chi connectivity index (χ0v) is 10.8. The fourth-order valence-electron chi connectivity index (χ4n) is 1.15. The first-order chi connectivity index (χ1) is 8.58. The average Bonchev–Trinajstić information content (AvgIpc) is 2.31. The van der Waals surface area contributed by atoms with E-state index in [4.69, 9.17) is 5.11 Å². The number of thioether (sulfide) groups is 1. The lowest BCUT2D eigenvalue weighted by Gasteiger charge is -2.04. The van der Waals surface area contributed by atoms with Gasteiger partial charge >= 0.3 is 5.97 Å². The number of carboxylic acids is 1. The molecule has 0 aliphatic heterocycles. The van der Waals surface area contributed by atoms with Gasteiger partial charge in [-0.1, -0.05) is 29.8 Å². The van der Waals surface area contributed by atoms with Gasteiger partial charge in [0, 0.05) is 5.75 Å². The van der Waals surface area contributed by atoms with Gasteiger partial charge in [0.15, 0.2) is 6.61 Å². The molecule has 0 unspecified atom stereocenters. The molecule has 0 aliphatic carbocycles. The molecule has 0 aliphatic rings. The molecule has 0 spiro atoms. The monoisotopic (exact) mass is 269 g/mol. The summed E-state index contributed by atoms with van der Waals surface area (Å²) in [6.07, 6.45) is 0. The molecule has 0 fully saturated rings. The van der Waals surface area contributed by atoms with Crippen molar-refractivity contribution in [1.29, 1.82) is 0 Å². The average molecular weight is 269 g/mol. The summed E-state index contributed by atoms with van der Waals surface area (Å²) >= 11 is 1.44. The van der Waals surface area contributed by atoms with Crippen LogP contribution in [0.1, 0.15) is 11.1 Å². The van der Waals surface area contributed by atoms with Crippen molar-refractivity contribution in [3.63, 3.8) is 0 Å². The molecule has 1 aromatic rings. The van der Waals surface area contributed by atoms with Crippen LogP contribution in [-0.2, 0) is 20.2 Å². The Morgan fingerprint density at radius 1 is 1.33 bits per heavy atom. The van der Waals surface area contributed by atoms with E-state index in [0.717, 1.165) is 11.3 Å². The van der Waals surface area contributed by atoms with Gasteiger partial charge in [-0.05, 0) is 12.5 Å². The number of nitrogens with one attached hydrogen (secondary N) is 1. The van der Waals surface area contributed by atoms with E-state index < -0.39 is 12.6 Å². The molecular weight excluding hydrogens is 254 g/mol.